The number of carbonyl (C=O) groups is 2. The Balaban J connectivity index is 1.91. The third-order valence-corrected chi connectivity index (χ3v) is 4.33. The van der Waals surface area contributed by atoms with Gasteiger partial charge >= 0.3 is 0 Å². The van der Waals surface area contributed by atoms with Crippen LogP contribution in [0.4, 0.5) is 10.1 Å². The van der Waals surface area contributed by atoms with Gasteiger partial charge in [-0.3, -0.25) is 9.59 Å². The molecule has 0 bridgehead atoms. The summed E-state index contributed by atoms with van der Waals surface area (Å²) >= 11 is 7.27. The van der Waals surface area contributed by atoms with Crippen molar-refractivity contribution in [2.45, 2.75) is 13.3 Å². The number of hydrogen-bond acceptors (Lipinski definition) is 3. The van der Waals surface area contributed by atoms with E-state index < -0.39 is 5.82 Å². The van der Waals surface area contributed by atoms with Crippen LogP contribution in [0.5, 0.6) is 0 Å². The predicted octanol–water partition coefficient (Wildman–Crippen LogP) is 3.25. The molecule has 4 nitrogen and oxygen atoms in total. The number of nitrogens with one attached hydrogen (secondary N) is 1. The number of hydrogen-bond donors (Lipinski definition) is 1. The molecule has 1 aromatic heterocycles. The van der Waals surface area contributed by atoms with E-state index in [2.05, 4.69) is 5.32 Å². The van der Waals surface area contributed by atoms with E-state index in [1.54, 1.807) is 0 Å². The number of benzene rings is 1. The maximum Gasteiger partial charge on any atom is 0.225 e. The van der Waals surface area contributed by atoms with Crippen LogP contribution >= 0.6 is 22.9 Å². The van der Waals surface area contributed by atoms with Crippen LogP contribution in [0.15, 0.2) is 35.7 Å². The van der Waals surface area contributed by atoms with Crippen LogP contribution < -0.4 is 10.2 Å². The second-order valence-electron chi connectivity index (χ2n) is 4.88. The molecule has 0 aliphatic carbocycles. The van der Waals surface area contributed by atoms with E-state index >= 15 is 0 Å². The van der Waals surface area contributed by atoms with Crippen molar-refractivity contribution < 1.29 is 14.0 Å². The quantitative estimate of drug-likeness (QED) is 0.865. The Morgan fingerprint density at radius 2 is 2.13 bits per heavy atom. The Bertz CT molecular complexity index is 691. The molecule has 0 fully saturated rings. The molecule has 0 spiro atoms. The lowest BCUT2D eigenvalue weighted by Crippen LogP contribution is -2.38. The summed E-state index contributed by atoms with van der Waals surface area (Å²) in [5, 5.41) is 4.64. The number of thiophene rings is 1. The van der Waals surface area contributed by atoms with Gasteiger partial charge in [0.2, 0.25) is 11.8 Å². The lowest BCUT2D eigenvalue weighted by molar-refractivity contribution is -0.120. The molecule has 1 aromatic carbocycles. The van der Waals surface area contributed by atoms with Gasteiger partial charge in [-0.1, -0.05) is 17.7 Å². The first kappa shape index (κ1) is 17.4. The molecule has 23 heavy (non-hydrogen) atoms. The van der Waals surface area contributed by atoms with Gasteiger partial charge in [-0.15, -0.1) is 11.3 Å². The number of carbonyl (C=O) groups excluding carboxylic acids is 2. The maximum absolute atomic E-state index is 13.2. The minimum Gasteiger partial charge on any atom is -0.354 e. The summed E-state index contributed by atoms with van der Waals surface area (Å²) in [6.45, 7) is 2.00. The zero-order chi connectivity index (χ0) is 16.8. The summed E-state index contributed by atoms with van der Waals surface area (Å²) in [6.07, 6.45) is 0.320. The van der Waals surface area contributed by atoms with Crippen LogP contribution in [0.25, 0.3) is 0 Å². The molecule has 1 heterocycles. The molecule has 2 aromatic rings. The molecule has 2 rings (SSSR count). The van der Waals surface area contributed by atoms with Gasteiger partial charge in [0.15, 0.2) is 0 Å². The Kier molecular flexibility index (Phi) is 6.12. The van der Waals surface area contributed by atoms with E-state index in [1.807, 2.05) is 17.5 Å². The van der Waals surface area contributed by atoms with Crippen molar-refractivity contribution in [2.24, 2.45) is 0 Å². The van der Waals surface area contributed by atoms with Crippen LogP contribution in [0.1, 0.15) is 11.8 Å². The van der Waals surface area contributed by atoms with Crippen LogP contribution in [0, 0.1) is 5.82 Å². The zero-order valence-electron chi connectivity index (χ0n) is 12.5. The van der Waals surface area contributed by atoms with Crippen molar-refractivity contribution in [2.75, 3.05) is 18.0 Å². The zero-order valence-corrected chi connectivity index (χ0v) is 14.1. The molecule has 7 heteroatoms. The lowest BCUT2D eigenvalue weighted by atomic mass is 10.2. The summed E-state index contributed by atoms with van der Waals surface area (Å²) in [4.78, 5) is 26.0. The van der Waals surface area contributed by atoms with Crippen molar-refractivity contribution in [1.29, 1.82) is 0 Å². The number of rotatable bonds is 6. The topological polar surface area (TPSA) is 49.4 Å². The largest absolute Gasteiger partial charge is 0.354 e. The van der Waals surface area contributed by atoms with E-state index in [9.17, 15) is 14.0 Å². The van der Waals surface area contributed by atoms with E-state index in [-0.39, 0.29) is 23.4 Å². The fourth-order valence-electron chi connectivity index (χ4n) is 2.06. The van der Waals surface area contributed by atoms with Gasteiger partial charge in [0, 0.05) is 30.6 Å². The van der Waals surface area contributed by atoms with Crippen LogP contribution in [0.3, 0.4) is 0 Å². The van der Waals surface area contributed by atoms with Gasteiger partial charge in [0.05, 0.1) is 11.4 Å². The van der Waals surface area contributed by atoms with Crippen LogP contribution in [-0.4, -0.2) is 24.9 Å². The van der Waals surface area contributed by atoms with E-state index in [0.29, 0.717) is 18.7 Å². The highest BCUT2D eigenvalue weighted by Gasteiger charge is 2.13. The third kappa shape index (κ3) is 5.04. The molecule has 1 N–H and O–H groups in total. The second-order valence-corrected chi connectivity index (χ2v) is 6.31. The summed E-state index contributed by atoms with van der Waals surface area (Å²) in [5.74, 6) is -0.851. The summed E-state index contributed by atoms with van der Waals surface area (Å²) in [6, 6.07) is 7.88. The first-order valence-electron chi connectivity index (χ1n) is 6.99. The Morgan fingerprint density at radius 3 is 2.74 bits per heavy atom. The lowest BCUT2D eigenvalue weighted by Gasteiger charge is -2.21. The van der Waals surface area contributed by atoms with Gasteiger partial charge in [-0.25, -0.2) is 4.39 Å². The first-order chi connectivity index (χ1) is 11.0. The molecular weight excluding hydrogens is 339 g/mol. The molecule has 0 aliphatic heterocycles. The fourth-order valence-corrected chi connectivity index (χ4v) is 2.94. The smallest absolute Gasteiger partial charge is 0.225 e. The summed E-state index contributed by atoms with van der Waals surface area (Å²) in [7, 11) is 0. The first-order valence-corrected chi connectivity index (χ1v) is 8.25. The third-order valence-electron chi connectivity index (χ3n) is 3.17. The molecular formula is C16H16ClFN2O2S. The SMILES string of the molecule is CC(=O)N(CCNC(=O)Cc1cccs1)c1ccc(F)c(Cl)c1. The molecule has 2 amide bonds. The minimum absolute atomic E-state index is 0.0459. The normalized spacial score (nSPS) is 10.4. The Hall–Kier alpha value is -1.92. The maximum atomic E-state index is 13.2. The molecule has 0 aliphatic rings. The monoisotopic (exact) mass is 354 g/mol. The van der Waals surface area contributed by atoms with Gasteiger partial charge in [-0.05, 0) is 29.6 Å². The molecule has 0 radical (unpaired) electrons. The van der Waals surface area contributed by atoms with Gasteiger partial charge in [-0.2, -0.15) is 0 Å². The highest BCUT2D eigenvalue weighted by molar-refractivity contribution is 7.10. The van der Waals surface area contributed by atoms with Crippen molar-refractivity contribution >= 4 is 40.4 Å². The summed E-state index contributed by atoms with van der Waals surface area (Å²) in [5.41, 5.74) is 0.497. The molecule has 0 saturated carbocycles. The number of anilines is 1. The molecule has 0 saturated heterocycles. The van der Waals surface area contributed by atoms with Crippen molar-refractivity contribution in [3.05, 3.63) is 51.4 Å². The second kappa shape index (κ2) is 8.08. The Morgan fingerprint density at radius 1 is 1.35 bits per heavy atom. The van der Waals surface area contributed by atoms with E-state index in [0.717, 1.165) is 4.88 Å². The van der Waals surface area contributed by atoms with Crippen LogP contribution in [-0.2, 0) is 16.0 Å². The van der Waals surface area contributed by atoms with Gasteiger partial charge in [0.25, 0.3) is 0 Å². The highest BCUT2D eigenvalue weighted by Crippen LogP contribution is 2.22. The standard InChI is InChI=1S/C16H16ClFN2O2S/c1-11(21)20(12-4-5-15(18)14(17)9-12)7-6-19-16(22)10-13-3-2-8-23-13/h2-5,8-9H,6-7,10H2,1H3,(H,19,22). The van der Waals surface area contributed by atoms with Gasteiger partial charge < -0.3 is 10.2 Å². The average Bonchev–Trinajstić information content (AvgIpc) is 2.99. The van der Waals surface area contributed by atoms with Crippen molar-refractivity contribution in [1.82, 2.24) is 5.32 Å². The average molecular weight is 355 g/mol. The minimum atomic E-state index is -0.539. The fraction of sp³-hybridized carbons (Fsp3) is 0.250. The highest BCUT2D eigenvalue weighted by atomic mass is 35.5. The van der Waals surface area contributed by atoms with Crippen molar-refractivity contribution in [3.63, 3.8) is 0 Å². The molecule has 0 atom stereocenters. The molecule has 122 valence electrons. The Labute approximate surface area is 142 Å². The summed E-state index contributed by atoms with van der Waals surface area (Å²) < 4.78 is 13.2. The van der Waals surface area contributed by atoms with Gasteiger partial charge in [0.1, 0.15) is 5.82 Å². The predicted molar refractivity (Wildman–Crippen MR) is 90.5 cm³/mol. The van der Waals surface area contributed by atoms with Crippen molar-refractivity contribution in [3.8, 4) is 0 Å². The number of amides is 2. The molecule has 0 unspecified atom stereocenters. The van der Waals surface area contributed by atoms with Crippen LogP contribution in [0.2, 0.25) is 5.02 Å². The number of halogens is 2. The van der Waals surface area contributed by atoms with E-state index in [4.69, 9.17) is 11.6 Å². The van der Waals surface area contributed by atoms with E-state index in [1.165, 1.54) is 41.4 Å². The number of nitrogens with zero attached hydrogens (tertiary/aromatic N) is 1.